The summed E-state index contributed by atoms with van der Waals surface area (Å²) in [7, 11) is 3.54. The van der Waals surface area contributed by atoms with Crippen molar-refractivity contribution < 1.29 is 4.39 Å². The Morgan fingerprint density at radius 3 is 2.78 bits per heavy atom. The minimum absolute atomic E-state index is 0.297. The van der Waals surface area contributed by atoms with Gasteiger partial charge in [-0.3, -0.25) is 4.68 Å². The number of nitrogens with one attached hydrogen (secondary N) is 1. The van der Waals surface area contributed by atoms with E-state index in [0.29, 0.717) is 15.1 Å². The number of hydrogen-bond acceptors (Lipinski definition) is 2. The van der Waals surface area contributed by atoms with Gasteiger partial charge in [-0.2, -0.15) is 5.10 Å². The van der Waals surface area contributed by atoms with Crippen molar-refractivity contribution in [3.63, 3.8) is 0 Å². The summed E-state index contributed by atoms with van der Waals surface area (Å²) in [6.07, 6.45) is 1.55. The lowest BCUT2D eigenvalue weighted by Gasteiger charge is -2.18. The molecule has 1 aromatic carbocycles. The van der Waals surface area contributed by atoms with Gasteiger partial charge in [-0.15, -0.1) is 0 Å². The molecular formula is C12H12BrClFN3. The Bertz CT molecular complexity index is 551. The Hall–Kier alpha value is -0.910. The first-order chi connectivity index (χ1) is 8.56. The smallest absolute Gasteiger partial charge is 0.142 e. The van der Waals surface area contributed by atoms with E-state index in [0.717, 1.165) is 5.69 Å². The minimum atomic E-state index is -0.345. The van der Waals surface area contributed by atoms with E-state index >= 15 is 0 Å². The van der Waals surface area contributed by atoms with Gasteiger partial charge < -0.3 is 5.32 Å². The van der Waals surface area contributed by atoms with Crippen LogP contribution in [-0.2, 0) is 7.05 Å². The van der Waals surface area contributed by atoms with Crippen molar-refractivity contribution in [2.24, 2.45) is 7.05 Å². The molecule has 0 amide bonds. The third kappa shape index (κ3) is 2.30. The molecule has 1 atom stereocenters. The molecule has 0 aliphatic carbocycles. The normalized spacial score (nSPS) is 12.7. The molecule has 1 heterocycles. The molecule has 1 unspecified atom stereocenters. The number of aromatic nitrogens is 2. The standard InChI is InChI=1S/C12H12BrClFN3/c1-16-11(12-9(14)6-17-18(12)2)7-4-3-5-8(13)10(7)15/h3-6,11,16H,1-2H3. The number of aryl methyl sites for hydroxylation is 1. The van der Waals surface area contributed by atoms with Crippen LogP contribution in [0.25, 0.3) is 0 Å². The van der Waals surface area contributed by atoms with Crippen LogP contribution in [0.4, 0.5) is 4.39 Å². The van der Waals surface area contributed by atoms with Crippen molar-refractivity contribution in [1.82, 2.24) is 15.1 Å². The molecule has 18 heavy (non-hydrogen) atoms. The third-order valence-electron chi connectivity index (χ3n) is 2.79. The van der Waals surface area contributed by atoms with Gasteiger partial charge in [0.05, 0.1) is 27.4 Å². The lowest BCUT2D eigenvalue weighted by molar-refractivity contribution is 0.548. The van der Waals surface area contributed by atoms with Crippen molar-refractivity contribution in [3.05, 3.63) is 51.0 Å². The first kappa shape index (κ1) is 13.5. The Labute approximate surface area is 118 Å². The van der Waals surface area contributed by atoms with Crippen LogP contribution in [0.5, 0.6) is 0 Å². The number of nitrogens with zero attached hydrogens (tertiary/aromatic N) is 2. The van der Waals surface area contributed by atoms with Crippen LogP contribution < -0.4 is 5.32 Å². The summed E-state index contributed by atoms with van der Waals surface area (Å²) in [4.78, 5) is 0. The average molecular weight is 333 g/mol. The van der Waals surface area contributed by atoms with Gasteiger partial charge in [-0.1, -0.05) is 23.7 Å². The van der Waals surface area contributed by atoms with E-state index in [4.69, 9.17) is 11.6 Å². The molecule has 0 aliphatic rings. The van der Waals surface area contributed by atoms with Gasteiger partial charge in [0, 0.05) is 12.6 Å². The molecule has 3 nitrogen and oxygen atoms in total. The zero-order valence-corrected chi connectivity index (χ0v) is 12.3. The maximum absolute atomic E-state index is 14.1. The Morgan fingerprint density at radius 2 is 2.22 bits per heavy atom. The maximum atomic E-state index is 14.1. The third-order valence-corrected chi connectivity index (χ3v) is 3.70. The van der Waals surface area contributed by atoms with E-state index in [1.54, 1.807) is 43.2 Å². The van der Waals surface area contributed by atoms with Crippen LogP contribution in [0, 0.1) is 5.82 Å². The first-order valence-corrected chi connectivity index (χ1v) is 6.52. The van der Waals surface area contributed by atoms with E-state index in [9.17, 15) is 4.39 Å². The Balaban J connectivity index is 2.56. The molecule has 0 bridgehead atoms. The van der Waals surface area contributed by atoms with Gasteiger partial charge in [0.15, 0.2) is 0 Å². The summed E-state index contributed by atoms with van der Waals surface area (Å²) >= 11 is 9.29. The molecule has 0 radical (unpaired) electrons. The molecule has 96 valence electrons. The fraction of sp³-hybridized carbons (Fsp3) is 0.250. The van der Waals surface area contributed by atoms with Crippen LogP contribution in [-0.4, -0.2) is 16.8 Å². The van der Waals surface area contributed by atoms with Crippen molar-refractivity contribution in [2.45, 2.75) is 6.04 Å². The molecule has 2 aromatic rings. The number of benzene rings is 1. The molecule has 1 aromatic heterocycles. The highest BCUT2D eigenvalue weighted by Crippen LogP contribution is 2.31. The summed E-state index contributed by atoms with van der Waals surface area (Å²) in [5, 5.41) is 7.65. The van der Waals surface area contributed by atoms with E-state index in [-0.39, 0.29) is 11.9 Å². The Kier molecular flexibility index (Phi) is 4.04. The van der Waals surface area contributed by atoms with Gasteiger partial charge in [0.1, 0.15) is 5.82 Å². The summed E-state index contributed by atoms with van der Waals surface area (Å²) in [6, 6.07) is 4.83. The molecule has 1 N–H and O–H groups in total. The van der Waals surface area contributed by atoms with Gasteiger partial charge in [-0.25, -0.2) is 4.39 Å². The second kappa shape index (κ2) is 5.38. The monoisotopic (exact) mass is 331 g/mol. The summed E-state index contributed by atoms with van der Waals surface area (Å²) in [5.74, 6) is -0.297. The second-order valence-electron chi connectivity index (χ2n) is 3.87. The molecule has 6 heteroatoms. The highest BCUT2D eigenvalue weighted by atomic mass is 79.9. The van der Waals surface area contributed by atoms with Gasteiger partial charge in [0.2, 0.25) is 0 Å². The van der Waals surface area contributed by atoms with Crippen LogP contribution in [0.2, 0.25) is 5.02 Å². The highest BCUT2D eigenvalue weighted by Gasteiger charge is 2.23. The van der Waals surface area contributed by atoms with E-state index in [1.807, 2.05) is 0 Å². The summed E-state index contributed by atoms with van der Waals surface area (Å²) in [6.45, 7) is 0. The molecule has 2 rings (SSSR count). The van der Waals surface area contributed by atoms with Gasteiger partial charge in [0.25, 0.3) is 0 Å². The van der Waals surface area contributed by atoms with Crippen molar-refractivity contribution in [3.8, 4) is 0 Å². The zero-order chi connectivity index (χ0) is 13.3. The van der Waals surface area contributed by atoms with Gasteiger partial charge in [-0.05, 0) is 29.0 Å². The topological polar surface area (TPSA) is 29.9 Å². The second-order valence-corrected chi connectivity index (χ2v) is 5.13. The predicted octanol–water partition coefficient (Wildman–Crippen LogP) is 3.28. The van der Waals surface area contributed by atoms with Crippen molar-refractivity contribution in [2.75, 3.05) is 7.05 Å². The van der Waals surface area contributed by atoms with E-state index < -0.39 is 0 Å². The molecule has 0 aliphatic heterocycles. The lowest BCUT2D eigenvalue weighted by Crippen LogP contribution is -2.22. The lowest BCUT2D eigenvalue weighted by atomic mass is 10.0. The fourth-order valence-corrected chi connectivity index (χ4v) is 2.58. The van der Waals surface area contributed by atoms with Crippen molar-refractivity contribution >= 4 is 27.5 Å². The fourth-order valence-electron chi connectivity index (χ4n) is 1.93. The highest BCUT2D eigenvalue weighted by molar-refractivity contribution is 9.10. The van der Waals surface area contributed by atoms with Crippen LogP contribution in [0.3, 0.4) is 0 Å². The number of halogens is 3. The maximum Gasteiger partial charge on any atom is 0.142 e. The van der Waals surface area contributed by atoms with Crippen LogP contribution in [0.1, 0.15) is 17.3 Å². The first-order valence-electron chi connectivity index (χ1n) is 5.34. The SMILES string of the molecule is CNC(c1cccc(Br)c1F)c1c(Cl)cnn1C. The van der Waals surface area contributed by atoms with Crippen LogP contribution >= 0.6 is 27.5 Å². The predicted molar refractivity (Wildman–Crippen MR) is 73.2 cm³/mol. The minimum Gasteiger partial charge on any atom is -0.308 e. The van der Waals surface area contributed by atoms with Crippen molar-refractivity contribution in [1.29, 1.82) is 0 Å². The van der Waals surface area contributed by atoms with E-state index in [2.05, 4.69) is 26.3 Å². The number of rotatable bonds is 3. The molecule has 0 fully saturated rings. The summed E-state index contributed by atoms with van der Waals surface area (Å²) < 4.78 is 16.2. The van der Waals surface area contributed by atoms with Crippen LogP contribution in [0.15, 0.2) is 28.9 Å². The largest absolute Gasteiger partial charge is 0.308 e. The summed E-state index contributed by atoms with van der Waals surface area (Å²) in [5.41, 5.74) is 1.26. The molecule has 0 saturated heterocycles. The zero-order valence-electron chi connectivity index (χ0n) is 9.92. The quantitative estimate of drug-likeness (QED) is 0.935. The van der Waals surface area contributed by atoms with E-state index in [1.165, 1.54) is 0 Å². The van der Waals surface area contributed by atoms with Gasteiger partial charge >= 0.3 is 0 Å². The molecular weight excluding hydrogens is 321 g/mol. The average Bonchev–Trinajstić information content (AvgIpc) is 2.67. The number of hydrogen-bond donors (Lipinski definition) is 1. The Morgan fingerprint density at radius 1 is 1.50 bits per heavy atom. The molecule has 0 spiro atoms. The molecule has 0 saturated carbocycles.